The van der Waals surface area contributed by atoms with Crippen molar-refractivity contribution in [3.8, 4) is 27.9 Å². The van der Waals surface area contributed by atoms with Crippen LogP contribution >= 0.6 is 22.9 Å². The normalized spacial score (nSPS) is 11.7. The molecule has 0 unspecified atom stereocenters. The second kappa shape index (κ2) is 13.2. The Kier molecular flexibility index (Phi) is 7.73. The summed E-state index contributed by atoms with van der Waals surface area (Å²) in [5, 5.41) is 7.93. The average molecular weight is 754 g/mol. The largest absolute Gasteiger partial charge is 0.310 e. The first-order chi connectivity index (χ1) is 27.7. The van der Waals surface area contributed by atoms with Gasteiger partial charge >= 0.3 is 0 Å². The van der Waals surface area contributed by atoms with E-state index in [9.17, 15) is 0 Å². The van der Waals surface area contributed by atoms with Crippen LogP contribution in [-0.4, -0.2) is 9.55 Å². The summed E-state index contributed by atoms with van der Waals surface area (Å²) in [4.78, 5) is 8.01. The minimum atomic E-state index is 0.679. The SMILES string of the molecule is Clc1cc(-c2ccc3c(c2)c2c(-c4ccccc4)c4ccccc4cc2n3-c2ccc3sc4ncccc4c3c2)cc(N(c2ccccc2)c2ccccc2)c1. The summed E-state index contributed by atoms with van der Waals surface area (Å²) in [6.07, 6.45) is 1.88. The lowest BCUT2D eigenvalue weighted by atomic mass is 9.92. The van der Waals surface area contributed by atoms with Crippen molar-refractivity contribution in [1.29, 1.82) is 0 Å². The number of anilines is 3. The predicted molar refractivity (Wildman–Crippen MR) is 240 cm³/mol. The van der Waals surface area contributed by atoms with Crippen LogP contribution in [0, 0.1) is 0 Å². The lowest BCUT2D eigenvalue weighted by Crippen LogP contribution is -2.09. The number of hydrogen-bond donors (Lipinski definition) is 0. The van der Waals surface area contributed by atoms with E-state index in [-0.39, 0.29) is 0 Å². The summed E-state index contributed by atoms with van der Waals surface area (Å²) >= 11 is 8.78. The van der Waals surface area contributed by atoms with E-state index >= 15 is 0 Å². The van der Waals surface area contributed by atoms with Crippen molar-refractivity contribution < 1.29 is 0 Å². The fourth-order valence-corrected chi connectivity index (χ4v) is 9.67. The molecule has 5 heteroatoms. The highest BCUT2D eigenvalue weighted by molar-refractivity contribution is 7.25. The Balaban J connectivity index is 1.20. The molecule has 0 atom stereocenters. The van der Waals surface area contributed by atoms with Gasteiger partial charge in [-0.2, -0.15) is 0 Å². The highest BCUT2D eigenvalue weighted by Crippen LogP contribution is 2.46. The zero-order valence-electron chi connectivity index (χ0n) is 30.1. The third-order valence-corrected chi connectivity index (χ3v) is 12.1. The van der Waals surface area contributed by atoms with Gasteiger partial charge in [0.1, 0.15) is 4.83 Å². The molecule has 0 saturated carbocycles. The molecule has 0 spiro atoms. The van der Waals surface area contributed by atoms with Crippen LogP contribution < -0.4 is 4.90 Å². The number of pyridine rings is 1. The van der Waals surface area contributed by atoms with E-state index in [1.807, 2.05) is 24.4 Å². The van der Waals surface area contributed by atoms with Crippen LogP contribution in [0.25, 0.3) is 80.8 Å². The van der Waals surface area contributed by atoms with Gasteiger partial charge in [-0.15, -0.1) is 11.3 Å². The van der Waals surface area contributed by atoms with Gasteiger partial charge in [-0.3, -0.25) is 0 Å². The van der Waals surface area contributed by atoms with Crippen molar-refractivity contribution in [2.24, 2.45) is 0 Å². The van der Waals surface area contributed by atoms with Gasteiger partial charge in [-0.25, -0.2) is 4.98 Å². The molecule has 264 valence electrons. The Morgan fingerprint density at radius 2 is 1.20 bits per heavy atom. The standard InChI is InChI=1S/C51H32ClN3S/c52-37-27-36(28-41(31-37)54(38-16-6-2-7-17-38)39-18-8-3-9-19-39)34-22-24-46-45(29-34)50-47(30-35-15-10-11-20-42(35)49(50)33-13-4-1-5-14-33)55(46)40-23-25-48-44(32-40)43-21-12-26-53-51(43)56-48/h1-32H. The summed E-state index contributed by atoms with van der Waals surface area (Å²) in [7, 11) is 0. The maximum atomic E-state index is 7.03. The fourth-order valence-electron chi connectivity index (χ4n) is 8.41. The highest BCUT2D eigenvalue weighted by atomic mass is 35.5. The molecule has 0 amide bonds. The van der Waals surface area contributed by atoms with Crippen LogP contribution in [0.4, 0.5) is 17.1 Å². The first-order valence-electron chi connectivity index (χ1n) is 18.7. The molecule has 0 fully saturated rings. The number of benzene rings is 8. The molecule has 0 aliphatic carbocycles. The summed E-state index contributed by atoms with van der Waals surface area (Å²) in [5.41, 5.74) is 11.1. The van der Waals surface area contributed by atoms with E-state index in [1.165, 1.54) is 48.1 Å². The number of aromatic nitrogens is 2. The van der Waals surface area contributed by atoms with Crippen molar-refractivity contribution >= 4 is 92.9 Å². The van der Waals surface area contributed by atoms with Gasteiger partial charge in [-0.05, 0) is 124 Å². The molecule has 8 aromatic carbocycles. The lowest BCUT2D eigenvalue weighted by Gasteiger charge is -2.26. The van der Waals surface area contributed by atoms with E-state index in [2.05, 4.69) is 184 Å². The molecule has 3 nitrogen and oxygen atoms in total. The number of halogens is 1. The smallest absolute Gasteiger partial charge is 0.124 e. The fraction of sp³-hybridized carbons (Fsp3) is 0. The molecule has 0 N–H and O–H groups in total. The second-order valence-corrected chi connectivity index (χ2v) is 15.6. The molecule has 0 bridgehead atoms. The molecule has 0 aliphatic heterocycles. The van der Waals surface area contributed by atoms with Crippen molar-refractivity contribution in [2.75, 3.05) is 4.90 Å². The number of fused-ring (bicyclic) bond motifs is 7. The van der Waals surface area contributed by atoms with E-state index in [4.69, 9.17) is 11.6 Å². The van der Waals surface area contributed by atoms with Gasteiger partial charge in [0.2, 0.25) is 0 Å². The number of hydrogen-bond acceptors (Lipinski definition) is 3. The van der Waals surface area contributed by atoms with Crippen LogP contribution in [0.15, 0.2) is 194 Å². The van der Waals surface area contributed by atoms with E-state index in [0.29, 0.717) is 5.02 Å². The predicted octanol–water partition coefficient (Wildman–Crippen LogP) is 15.2. The van der Waals surface area contributed by atoms with E-state index in [0.717, 1.165) is 49.7 Å². The van der Waals surface area contributed by atoms with Crippen molar-refractivity contribution in [3.05, 3.63) is 199 Å². The summed E-state index contributed by atoms with van der Waals surface area (Å²) in [5.74, 6) is 0. The average Bonchev–Trinajstić information content (AvgIpc) is 3.78. The summed E-state index contributed by atoms with van der Waals surface area (Å²) in [6, 6.07) is 67.2. The van der Waals surface area contributed by atoms with Crippen LogP contribution in [0.5, 0.6) is 0 Å². The summed E-state index contributed by atoms with van der Waals surface area (Å²) < 4.78 is 3.68. The van der Waals surface area contributed by atoms with Gasteiger partial charge in [0.05, 0.1) is 11.0 Å². The van der Waals surface area contributed by atoms with Gasteiger partial charge < -0.3 is 9.47 Å². The highest BCUT2D eigenvalue weighted by Gasteiger charge is 2.21. The van der Waals surface area contributed by atoms with Crippen molar-refractivity contribution in [3.63, 3.8) is 0 Å². The molecule has 56 heavy (non-hydrogen) atoms. The minimum absolute atomic E-state index is 0.679. The number of nitrogens with zero attached hydrogens (tertiary/aromatic N) is 3. The van der Waals surface area contributed by atoms with E-state index < -0.39 is 0 Å². The van der Waals surface area contributed by atoms with Gasteiger partial charge in [-0.1, -0.05) is 109 Å². The lowest BCUT2D eigenvalue weighted by molar-refractivity contribution is 1.19. The molecule has 3 aromatic heterocycles. The molecule has 0 aliphatic rings. The molecular weight excluding hydrogens is 722 g/mol. The Bertz CT molecular complexity index is 3220. The molecule has 3 heterocycles. The van der Waals surface area contributed by atoms with Gasteiger partial charge in [0.15, 0.2) is 0 Å². The third kappa shape index (κ3) is 5.37. The topological polar surface area (TPSA) is 21.1 Å². The third-order valence-electron chi connectivity index (χ3n) is 10.8. The summed E-state index contributed by atoms with van der Waals surface area (Å²) in [6.45, 7) is 0. The maximum absolute atomic E-state index is 7.03. The van der Waals surface area contributed by atoms with Crippen LogP contribution in [0.1, 0.15) is 0 Å². The zero-order valence-corrected chi connectivity index (χ0v) is 31.7. The van der Waals surface area contributed by atoms with Crippen LogP contribution in [0.2, 0.25) is 5.02 Å². The first-order valence-corrected chi connectivity index (χ1v) is 19.9. The number of rotatable bonds is 6. The number of thiophene rings is 1. The maximum Gasteiger partial charge on any atom is 0.124 e. The molecule has 11 aromatic rings. The van der Waals surface area contributed by atoms with Gasteiger partial charge in [0, 0.05) is 60.2 Å². The molecule has 11 rings (SSSR count). The van der Waals surface area contributed by atoms with E-state index in [1.54, 1.807) is 11.3 Å². The van der Waals surface area contributed by atoms with Crippen LogP contribution in [-0.2, 0) is 0 Å². The first kappa shape index (κ1) is 32.7. The Hall–Kier alpha value is -6.72. The molecular formula is C51H32ClN3S. The molecule has 0 radical (unpaired) electrons. The number of para-hydroxylation sites is 2. The Morgan fingerprint density at radius 1 is 0.482 bits per heavy atom. The Labute approximate surface area is 332 Å². The monoisotopic (exact) mass is 753 g/mol. The quantitative estimate of drug-likeness (QED) is 0.169. The Morgan fingerprint density at radius 3 is 1.98 bits per heavy atom. The zero-order chi connectivity index (χ0) is 37.2. The van der Waals surface area contributed by atoms with Gasteiger partial charge in [0.25, 0.3) is 0 Å². The molecule has 0 saturated heterocycles. The van der Waals surface area contributed by atoms with Crippen molar-refractivity contribution in [2.45, 2.75) is 0 Å². The minimum Gasteiger partial charge on any atom is -0.310 e. The van der Waals surface area contributed by atoms with Crippen molar-refractivity contribution in [1.82, 2.24) is 9.55 Å². The second-order valence-electron chi connectivity index (χ2n) is 14.1. The van der Waals surface area contributed by atoms with Crippen LogP contribution in [0.3, 0.4) is 0 Å².